The Balaban J connectivity index is 1.77. The predicted molar refractivity (Wildman–Crippen MR) is 81.2 cm³/mol. The zero-order chi connectivity index (χ0) is 15.5. The molecule has 0 saturated carbocycles. The minimum Gasteiger partial charge on any atom is -0.504 e. The Morgan fingerprint density at radius 2 is 1.68 bits per heavy atom. The van der Waals surface area contributed by atoms with Gasteiger partial charge in [-0.15, -0.1) is 0 Å². The summed E-state index contributed by atoms with van der Waals surface area (Å²) in [5.41, 5.74) is 2.19. The fourth-order valence-electron chi connectivity index (χ4n) is 2.49. The van der Waals surface area contributed by atoms with Crippen molar-refractivity contribution in [2.45, 2.75) is 12.8 Å². The van der Waals surface area contributed by atoms with Crippen LogP contribution in [-0.4, -0.2) is 26.1 Å². The number of benzene rings is 2. The largest absolute Gasteiger partial charge is 0.504 e. The van der Waals surface area contributed by atoms with E-state index in [4.69, 9.17) is 18.9 Å². The molecule has 0 bridgehead atoms. The lowest BCUT2D eigenvalue weighted by Gasteiger charge is -2.09. The van der Waals surface area contributed by atoms with E-state index in [9.17, 15) is 5.11 Å². The number of aromatic hydroxyl groups is 1. The van der Waals surface area contributed by atoms with Gasteiger partial charge in [0.05, 0.1) is 14.2 Å². The van der Waals surface area contributed by atoms with Gasteiger partial charge in [-0.1, -0.05) is 6.07 Å². The SMILES string of the molecule is COc1cc(CCc2cc(OC)c3c(c2)OCO3)ccc1O. The van der Waals surface area contributed by atoms with Crippen molar-refractivity contribution in [2.24, 2.45) is 0 Å². The molecule has 0 radical (unpaired) electrons. The van der Waals surface area contributed by atoms with Gasteiger partial charge in [-0.05, 0) is 48.2 Å². The standard InChI is InChI=1S/C17H18O5/c1-19-14-7-11(5-6-13(14)18)3-4-12-8-15(20-2)17-16(9-12)21-10-22-17/h5-9,18H,3-4,10H2,1-2H3. The molecule has 1 aliphatic rings. The van der Waals surface area contributed by atoms with E-state index in [0.29, 0.717) is 17.2 Å². The first-order valence-corrected chi connectivity index (χ1v) is 7.03. The molecule has 5 nitrogen and oxygen atoms in total. The Bertz CT molecular complexity index is 681. The maximum Gasteiger partial charge on any atom is 0.231 e. The van der Waals surface area contributed by atoms with Gasteiger partial charge < -0.3 is 24.1 Å². The highest BCUT2D eigenvalue weighted by Crippen LogP contribution is 2.42. The van der Waals surface area contributed by atoms with Crippen LogP contribution in [-0.2, 0) is 12.8 Å². The second kappa shape index (κ2) is 6.05. The van der Waals surface area contributed by atoms with Crippen LogP contribution < -0.4 is 18.9 Å². The quantitative estimate of drug-likeness (QED) is 0.920. The van der Waals surface area contributed by atoms with Crippen LogP contribution in [0.1, 0.15) is 11.1 Å². The molecule has 3 rings (SSSR count). The van der Waals surface area contributed by atoms with Crippen molar-refractivity contribution in [1.29, 1.82) is 0 Å². The molecule has 22 heavy (non-hydrogen) atoms. The zero-order valence-corrected chi connectivity index (χ0v) is 12.6. The Kier molecular flexibility index (Phi) is 3.96. The van der Waals surface area contributed by atoms with Crippen molar-refractivity contribution in [3.05, 3.63) is 41.5 Å². The molecule has 1 heterocycles. The van der Waals surface area contributed by atoms with Crippen LogP contribution >= 0.6 is 0 Å². The van der Waals surface area contributed by atoms with Crippen LogP contribution in [0.5, 0.6) is 28.7 Å². The van der Waals surface area contributed by atoms with Gasteiger partial charge in [0.1, 0.15) is 0 Å². The molecule has 0 unspecified atom stereocenters. The minimum absolute atomic E-state index is 0.149. The van der Waals surface area contributed by atoms with E-state index < -0.39 is 0 Å². The van der Waals surface area contributed by atoms with Gasteiger partial charge in [-0.3, -0.25) is 0 Å². The number of fused-ring (bicyclic) bond motifs is 1. The third-order valence-electron chi connectivity index (χ3n) is 3.66. The predicted octanol–water partition coefficient (Wildman–Crippen LogP) is 2.92. The maximum atomic E-state index is 9.62. The molecule has 1 aliphatic heterocycles. The summed E-state index contributed by atoms with van der Waals surface area (Å²) in [6.07, 6.45) is 1.64. The maximum absolute atomic E-state index is 9.62. The summed E-state index contributed by atoms with van der Waals surface area (Å²) in [7, 11) is 3.16. The molecule has 0 aliphatic carbocycles. The molecule has 0 atom stereocenters. The third kappa shape index (κ3) is 2.74. The second-order valence-corrected chi connectivity index (χ2v) is 5.04. The summed E-state index contributed by atoms with van der Waals surface area (Å²) in [5, 5.41) is 9.62. The van der Waals surface area contributed by atoms with Gasteiger partial charge in [0.15, 0.2) is 23.0 Å². The van der Waals surface area contributed by atoms with Gasteiger partial charge in [0.25, 0.3) is 0 Å². The molecule has 0 aromatic heterocycles. The van der Waals surface area contributed by atoms with E-state index in [2.05, 4.69) is 0 Å². The van der Waals surface area contributed by atoms with Crippen molar-refractivity contribution >= 4 is 0 Å². The van der Waals surface area contributed by atoms with Crippen molar-refractivity contribution in [3.8, 4) is 28.7 Å². The third-order valence-corrected chi connectivity index (χ3v) is 3.66. The highest BCUT2D eigenvalue weighted by Gasteiger charge is 2.19. The van der Waals surface area contributed by atoms with E-state index in [-0.39, 0.29) is 12.5 Å². The first-order chi connectivity index (χ1) is 10.7. The Morgan fingerprint density at radius 3 is 2.45 bits per heavy atom. The Morgan fingerprint density at radius 1 is 0.955 bits per heavy atom. The second-order valence-electron chi connectivity index (χ2n) is 5.04. The van der Waals surface area contributed by atoms with Gasteiger partial charge in [0.2, 0.25) is 12.5 Å². The average Bonchev–Trinajstić information content (AvgIpc) is 3.01. The highest BCUT2D eigenvalue weighted by atomic mass is 16.7. The number of rotatable bonds is 5. The van der Waals surface area contributed by atoms with E-state index in [1.165, 1.54) is 0 Å². The summed E-state index contributed by atoms with van der Waals surface area (Å²) in [5.74, 6) is 2.71. The summed E-state index contributed by atoms with van der Waals surface area (Å²) in [6.45, 7) is 0.226. The summed E-state index contributed by atoms with van der Waals surface area (Å²) in [6, 6.07) is 9.32. The van der Waals surface area contributed by atoms with E-state index in [0.717, 1.165) is 29.7 Å². The van der Waals surface area contributed by atoms with E-state index in [1.807, 2.05) is 24.3 Å². The number of hydrogen-bond acceptors (Lipinski definition) is 5. The molecule has 0 amide bonds. The van der Waals surface area contributed by atoms with Gasteiger partial charge in [-0.25, -0.2) is 0 Å². The molecule has 1 N–H and O–H groups in total. The van der Waals surface area contributed by atoms with Crippen LogP contribution in [0.25, 0.3) is 0 Å². The van der Waals surface area contributed by atoms with Crippen molar-refractivity contribution in [3.63, 3.8) is 0 Å². The van der Waals surface area contributed by atoms with Gasteiger partial charge >= 0.3 is 0 Å². The fourth-order valence-corrected chi connectivity index (χ4v) is 2.49. The number of phenolic OH excluding ortho intramolecular Hbond substituents is 1. The van der Waals surface area contributed by atoms with Gasteiger partial charge in [-0.2, -0.15) is 0 Å². The van der Waals surface area contributed by atoms with Crippen LogP contribution in [0.3, 0.4) is 0 Å². The summed E-state index contributed by atoms with van der Waals surface area (Å²) in [4.78, 5) is 0. The average molecular weight is 302 g/mol. The Hall–Kier alpha value is -2.56. The molecule has 2 aromatic carbocycles. The lowest BCUT2D eigenvalue weighted by atomic mass is 10.0. The molecule has 0 fully saturated rings. The smallest absolute Gasteiger partial charge is 0.231 e. The number of hydrogen-bond donors (Lipinski definition) is 1. The molecule has 0 spiro atoms. The lowest BCUT2D eigenvalue weighted by Crippen LogP contribution is -1.95. The summed E-state index contributed by atoms with van der Waals surface area (Å²) < 4.78 is 21.3. The molecule has 0 saturated heterocycles. The molecular formula is C17H18O5. The van der Waals surface area contributed by atoms with Crippen LogP contribution in [0.2, 0.25) is 0 Å². The number of aryl methyl sites for hydroxylation is 2. The monoisotopic (exact) mass is 302 g/mol. The zero-order valence-electron chi connectivity index (χ0n) is 12.6. The minimum atomic E-state index is 0.149. The first kappa shape index (κ1) is 14.4. The lowest BCUT2D eigenvalue weighted by molar-refractivity contribution is 0.171. The number of ether oxygens (including phenoxy) is 4. The van der Waals surface area contributed by atoms with Crippen molar-refractivity contribution < 1.29 is 24.1 Å². The number of methoxy groups -OCH3 is 2. The number of phenols is 1. The van der Waals surface area contributed by atoms with Crippen LogP contribution in [0, 0.1) is 0 Å². The van der Waals surface area contributed by atoms with Crippen molar-refractivity contribution in [1.82, 2.24) is 0 Å². The van der Waals surface area contributed by atoms with Crippen molar-refractivity contribution in [2.75, 3.05) is 21.0 Å². The van der Waals surface area contributed by atoms with Crippen LogP contribution in [0.15, 0.2) is 30.3 Å². The van der Waals surface area contributed by atoms with E-state index >= 15 is 0 Å². The first-order valence-electron chi connectivity index (χ1n) is 7.03. The van der Waals surface area contributed by atoms with Crippen LogP contribution in [0.4, 0.5) is 0 Å². The van der Waals surface area contributed by atoms with E-state index in [1.54, 1.807) is 20.3 Å². The normalized spacial score (nSPS) is 12.3. The summed E-state index contributed by atoms with van der Waals surface area (Å²) >= 11 is 0. The fraction of sp³-hybridized carbons (Fsp3) is 0.294. The topological polar surface area (TPSA) is 57.2 Å². The molecular weight excluding hydrogens is 284 g/mol. The van der Waals surface area contributed by atoms with Gasteiger partial charge in [0, 0.05) is 0 Å². The highest BCUT2D eigenvalue weighted by molar-refractivity contribution is 5.55. The molecule has 5 heteroatoms. The molecule has 2 aromatic rings. The molecule has 116 valence electrons. The Labute approximate surface area is 129 Å².